The molecule has 0 saturated carbocycles. The van der Waals surface area contributed by atoms with Gasteiger partial charge in [0.2, 0.25) is 0 Å². The van der Waals surface area contributed by atoms with Gasteiger partial charge in [0, 0.05) is 41.3 Å². The lowest BCUT2D eigenvalue weighted by atomic mass is 9.98. The second-order valence-corrected chi connectivity index (χ2v) is 6.02. The van der Waals surface area contributed by atoms with Gasteiger partial charge in [0.1, 0.15) is 0 Å². The summed E-state index contributed by atoms with van der Waals surface area (Å²) in [6, 6.07) is 2.09. The minimum atomic E-state index is 0.359. The molecular formula is C11H15BrN2OS. The van der Waals surface area contributed by atoms with Crippen molar-refractivity contribution in [1.29, 1.82) is 0 Å². The Morgan fingerprint density at radius 3 is 3.06 bits per heavy atom. The Balaban J connectivity index is 1.96. The van der Waals surface area contributed by atoms with Crippen molar-refractivity contribution < 1.29 is 5.21 Å². The zero-order chi connectivity index (χ0) is 11.5. The van der Waals surface area contributed by atoms with Gasteiger partial charge >= 0.3 is 0 Å². The lowest BCUT2D eigenvalue weighted by molar-refractivity contribution is 0.230. The van der Waals surface area contributed by atoms with Crippen molar-refractivity contribution in [1.82, 2.24) is 4.90 Å². The molecule has 0 bridgehead atoms. The summed E-state index contributed by atoms with van der Waals surface area (Å²) in [5.41, 5.74) is 0.932. The van der Waals surface area contributed by atoms with Crippen LogP contribution in [0.1, 0.15) is 18.2 Å². The predicted octanol–water partition coefficient (Wildman–Crippen LogP) is 3.18. The van der Waals surface area contributed by atoms with Gasteiger partial charge in [-0.05, 0) is 27.4 Å². The number of nitrogens with zero attached hydrogens (tertiary/aromatic N) is 2. The van der Waals surface area contributed by atoms with Gasteiger partial charge in [0.25, 0.3) is 0 Å². The van der Waals surface area contributed by atoms with Crippen molar-refractivity contribution in [2.75, 3.05) is 13.1 Å². The summed E-state index contributed by atoms with van der Waals surface area (Å²) in [6.07, 6.45) is 0.876. The molecule has 0 radical (unpaired) electrons. The SMILES string of the molecule is CC1CN(Cc2sccc2Br)CC/C1=N\O. The molecule has 16 heavy (non-hydrogen) atoms. The Morgan fingerprint density at radius 1 is 1.69 bits per heavy atom. The van der Waals surface area contributed by atoms with E-state index >= 15 is 0 Å². The molecule has 1 aliphatic rings. The molecule has 0 amide bonds. The summed E-state index contributed by atoms with van der Waals surface area (Å²) in [4.78, 5) is 3.78. The second-order valence-electron chi connectivity index (χ2n) is 4.17. The molecule has 0 aromatic carbocycles. The van der Waals surface area contributed by atoms with Gasteiger partial charge in [-0.1, -0.05) is 12.1 Å². The first-order chi connectivity index (χ1) is 7.70. The van der Waals surface area contributed by atoms with E-state index in [0.29, 0.717) is 5.92 Å². The zero-order valence-corrected chi connectivity index (χ0v) is 11.6. The van der Waals surface area contributed by atoms with Gasteiger partial charge in [-0.25, -0.2) is 0 Å². The normalized spacial score (nSPS) is 25.1. The number of piperidine rings is 1. The number of thiophene rings is 1. The van der Waals surface area contributed by atoms with Crippen molar-refractivity contribution in [3.05, 3.63) is 20.8 Å². The predicted molar refractivity (Wildman–Crippen MR) is 70.3 cm³/mol. The number of halogens is 1. The molecule has 2 rings (SSSR count). The Bertz CT molecular complexity index is 391. The summed E-state index contributed by atoms with van der Waals surface area (Å²) >= 11 is 5.34. The summed E-state index contributed by atoms with van der Waals surface area (Å²) in [5.74, 6) is 0.359. The zero-order valence-electron chi connectivity index (χ0n) is 9.19. The van der Waals surface area contributed by atoms with Crippen LogP contribution in [0.4, 0.5) is 0 Å². The summed E-state index contributed by atoms with van der Waals surface area (Å²) in [5, 5.41) is 14.3. The van der Waals surface area contributed by atoms with Crippen LogP contribution in [-0.2, 0) is 6.54 Å². The minimum absolute atomic E-state index is 0.359. The summed E-state index contributed by atoms with van der Waals surface area (Å²) in [6.45, 7) is 5.06. The third-order valence-electron chi connectivity index (χ3n) is 2.97. The van der Waals surface area contributed by atoms with Gasteiger partial charge in [-0.15, -0.1) is 11.3 Å². The highest BCUT2D eigenvalue weighted by Crippen LogP contribution is 2.25. The minimum Gasteiger partial charge on any atom is -0.411 e. The van der Waals surface area contributed by atoms with E-state index in [0.717, 1.165) is 31.8 Å². The fraction of sp³-hybridized carbons (Fsp3) is 0.545. The third kappa shape index (κ3) is 2.64. The number of likely N-dealkylation sites (tertiary alicyclic amines) is 1. The van der Waals surface area contributed by atoms with Crippen molar-refractivity contribution in [2.45, 2.75) is 19.9 Å². The van der Waals surface area contributed by atoms with E-state index in [2.05, 4.69) is 44.4 Å². The molecule has 88 valence electrons. The largest absolute Gasteiger partial charge is 0.411 e. The van der Waals surface area contributed by atoms with Crippen molar-refractivity contribution in [3.8, 4) is 0 Å². The molecule has 1 atom stereocenters. The van der Waals surface area contributed by atoms with Crippen LogP contribution in [0.25, 0.3) is 0 Å². The number of oxime groups is 1. The van der Waals surface area contributed by atoms with E-state index in [4.69, 9.17) is 5.21 Å². The maximum atomic E-state index is 8.81. The molecule has 3 nitrogen and oxygen atoms in total. The van der Waals surface area contributed by atoms with E-state index in [1.807, 2.05) is 0 Å². The standard InChI is InChI=1S/C11H15BrN2OS/c1-8-6-14(4-2-10(8)13-15)7-11-9(12)3-5-16-11/h3,5,8,15H,2,4,6-7H2,1H3/b13-10+. The Hall–Kier alpha value is -0.390. The monoisotopic (exact) mass is 302 g/mol. The third-order valence-corrected chi connectivity index (χ3v) is 4.88. The quantitative estimate of drug-likeness (QED) is 0.673. The molecule has 1 aromatic heterocycles. The van der Waals surface area contributed by atoms with Crippen LogP contribution in [-0.4, -0.2) is 28.9 Å². The first kappa shape index (κ1) is 12.1. The van der Waals surface area contributed by atoms with Crippen molar-refractivity contribution in [3.63, 3.8) is 0 Å². The highest BCUT2D eigenvalue weighted by Gasteiger charge is 2.23. The molecule has 1 N–H and O–H groups in total. The number of hydrogen-bond donors (Lipinski definition) is 1. The number of rotatable bonds is 2. The van der Waals surface area contributed by atoms with Gasteiger partial charge in [-0.3, -0.25) is 4.90 Å². The molecule has 5 heteroatoms. The van der Waals surface area contributed by atoms with E-state index in [1.54, 1.807) is 11.3 Å². The molecule has 1 aliphatic heterocycles. The first-order valence-corrected chi connectivity index (χ1v) is 7.03. The molecule has 1 unspecified atom stereocenters. The highest BCUT2D eigenvalue weighted by molar-refractivity contribution is 9.10. The van der Waals surface area contributed by atoms with Crippen LogP contribution in [0, 0.1) is 5.92 Å². The molecular weight excluding hydrogens is 288 g/mol. The van der Waals surface area contributed by atoms with Gasteiger partial charge in [-0.2, -0.15) is 0 Å². The van der Waals surface area contributed by atoms with E-state index in [-0.39, 0.29) is 0 Å². The summed E-state index contributed by atoms with van der Waals surface area (Å²) in [7, 11) is 0. The summed E-state index contributed by atoms with van der Waals surface area (Å²) < 4.78 is 1.20. The van der Waals surface area contributed by atoms with E-state index in [1.165, 1.54) is 9.35 Å². The van der Waals surface area contributed by atoms with Gasteiger partial charge < -0.3 is 5.21 Å². The highest BCUT2D eigenvalue weighted by atomic mass is 79.9. The average Bonchev–Trinajstić information content (AvgIpc) is 2.65. The Labute approximate surface area is 108 Å². The van der Waals surface area contributed by atoms with Crippen molar-refractivity contribution >= 4 is 33.0 Å². The fourth-order valence-electron chi connectivity index (χ4n) is 2.04. The maximum absolute atomic E-state index is 8.81. The van der Waals surface area contributed by atoms with Crippen LogP contribution in [0.2, 0.25) is 0 Å². The first-order valence-electron chi connectivity index (χ1n) is 5.35. The van der Waals surface area contributed by atoms with Gasteiger partial charge in [0.15, 0.2) is 0 Å². The van der Waals surface area contributed by atoms with E-state index in [9.17, 15) is 0 Å². The Morgan fingerprint density at radius 2 is 2.50 bits per heavy atom. The maximum Gasteiger partial charge on any atom is 0.0624 e. The van der Waals surface area contributed by atoms with Crippen molar-refractivity contribution in [2.24, 2.45) is 11.1 Å². The lowest BCUT2D eigenvalue weighted by Crippen LogP contribution is -2.39. The number of hydrogen-bond acceptors (Lipinski definition) is 4. The van der Waals surface area contributed by atoms with Crippen LogP contribution < -0.4 is 0 Å². The molecule has 1 aromatic rings. The lowest BCUT2D eigenvalue weighted by Gasteiger charge is -2.31. The molecule has 2 heterocycles. The average molecular weight is 303 g/mol. The molecule has 0 spiro atoms. The molecule has 0 aliphatic carbocycles. The van der Waals surface area contributed by atoms with Crippen LogP contribution in [0.3, 0.4) is 0 Å². The van der Waals surface area contributed by atoms with E-state index < -0.39 is 0 Å². The molecule has 1 saturated heterocycles. The fourth-order valence-corrected chi connectivity index (χ4v) is 3.56. The topological polar surface area (TPSA) is 35.8 Å². The van der Waals surface area contributed by atoms with Crippen LogP contribution in [0.5, 0.6) is 0 Å². The van der Waals surface area contributed by atoms with Crippen LogP contribution in [0.15, 0.2) is 21.1 Å². The van der Waals surface area contributed by atoms with Gasteiger partial charge in [0.05, 0.1) is 5.71 Å². The Kier molecular flexibility index (Phi) is 4.00. The van der Waals surface area contributed by atoms with Crippen LogP contribution >= 0.6 is 27.3 Å². The smallest absolute Gasteiger partial charge is 0.0624 e. The second kappa shape index (κ2) is 5.29. The molecule has 1 fully saturated rings.